The molecule has 9 rings (SSSR count). The number of alkyl halides is 3. The second-order valence-electron chi connectivity index (χ2n) is 29.9. The van der Waals surface area contributed by atoms with Crippen molar-refractivity contribution < 1.29 is 95.4 Å². The molecule has 0 bridgehead atoms. The van der Waals surface area contributed by atoms with Crippen LogP contribution >= 0.6 is 75.3 Å². The summed E-state index contributed by atoms with van der Waals surface area (Å²) in [7, 11) is 0. The van der Waals surface area contributed by atoms with E-state index >= 15 is 0 Å². The summed E-state index contributed by atoms with van der Waals surface area (Å²) in [5.41, 5.74) is 12.2. The van der Waals surface area contributed by atoms with Gasteiger partial charge in [0.2, 0.25) is 0 Å². The molecule has 0 unspecified atom stereocenters. The number of hydrogen-bond acceptors (Lipinski definition) is 16. The first-order valence-electron chi connectivity index (χ1n) is 36.5. The van der Waals surface area contributed by atoms with Crippen LogP contribution in [0.2, 0.25) is 0 Å². The van der Waals surface area contributed by atoms with Gasteiger partial charge in [-0.05, 0) is 274 Å². The van der Waals surface area contributed by atoms with E-state index in [1.54, 1.807) is 179 Å². The van der Waals surface area contributed by atoms with Crippen molar-refractivity contribution in [3.63, 3.8) is 0 Å². The smallest absolute Gasteiger partial charge is 0.870 e. The number of nitrogens with two attached hydrogens (primary N) is 1. The van der Waals surface area contributed by atoms with Crippen molar-refractivity contribution >= 4 is 166 Å². The van der Waals surface area contributed by atoms with Crippen LogP contribution in [0.3, 0.4) is 0 Å². The van der Waals surface area contributed by atoms with E-state index < -0.39 is 86.1 Å². The average molecular weight is 2060 g/mol. The van der Waals surface area contributed by atoms with Gasteiger partial charge in [0.05, 0.1) is 67.7 Å². The Hall–Kier alpha value is -9.76. The zero-order valence-corrected chi connectivity index (χ0v) is 80.3. The van der Waals surface area contributed by atoms with E-state index in [0.29, 0.717) is 54.8 Å². The van der Waals surface area contributed by atoms with Crippen molar-refractivity contribution in [2.75, 3.05) is 0 Å². The predicted octanol–water partition coefficient (Wildman–Crippen LogP) is 19.6. The molecule has 0 heterocycles. The van der Waals surface area contributed by atoms with Crippen LogP contribution in [0.4, 0.5) is 26.3 Å². The van der Waals surface area contributed by atoms with Crippen molar-refractivity contribution in [1.82, 2.24) is 36.7 Å². The molecule has 5 amide bonds. The monoisotopic (exact) mass is 2050 g/mol. The molecule has 36 heteroatoms. The normalized spacial score (nSPS) is 10.3. The molecule has 11 N–H and O–H groups in total. The summed E-state index contributed by atoms with van der Waals surface area (Å²) in [6.45, 7) is 27.0. The zero-order valence-electron chi connectivity index (χ0n) is 71.0. The van der Waals surface area contributed by atoms with Gasteiger partial charge in [0.15, 0.2) is 0 Å². The molecule has 0 spiro atoms. The number of aliphatic hydroxyl groups is 1. The van der Waals surface area contributed by atoms with Gasteiger partial charge < -0.3 is 30.7 Å². The summed E-state index contributed by atoms with van der Waals surface area (Å²) in [6.07, 6.45) is 0. The standard InChI is InChI=1S/C19H20BrFN2O2.C19H21FN2O3.C11H16N2O.C8H5BrClFO.C8H6BrFO2.C8H7FO2.C8H14N4.C7H6BrF.CHO2.CH4.Ca.H2O/c1-19(2,3)23(18(25)14-7-5-4-6-8-14)22-17(24)15-10-9-13(12-20)11-16(15)21;1-19(2,3)22(18(25)14-7-5-4-6-8-14)21-17(24)15-10-9-13(12-23)11-16(15)20;1-11(2,3)13(12)10(14)9-7-5-4-6-8-9;9-4-5-1-2-6(8(10)12)7(11)3-5;9-4-5-1-2-6(8(11)12)7(10)3-5;1-5-2-3-6(8(10)11)7(9)4-5;1-7(2,5-9)11-12-8(3,4)6-10;1-5-2-3-6(8)7(9)4-5;2-1-3;;;/h4-11H,12H2,1-3H3,(H,22,24);4-11,23H,12H2,1-3H3,(H,21,24);4-8H,12H2,1-3H3;1-3H,4H2;1-3H,4H2,(H,11,12);2-4H,1H3,(H,10,11);11-12H,1-4H3;2-4H,1H3;(H,2,3);1H4;;1H2/q;;;;;;;;-1;;+2;/p-1. The molecule has 0 saturated carbocycles. The molecular formula is C90H101Br4CaClF6N10O14. The Bertz CT molecular complexity index is 4900. The Morgan fingerprint density at radius 2 is 0.714 bits per heavy atom. The molecule has 0 aliphatic rings. The second kappa shape index (κ2) is 58.6. The maximum absolute atomic E-state index is 14.2. The molecule has 0 aromatic heterocycles. The average Bonchev–Trinajstić information content (AvgIpc) is 0.799. The van der Waals surface area contributed by atoms with E-state index in [1.807, 2.05) is 52.0 Å². The molecular weight excluding hydrogens is 1950 g/mol. The summed E-state index contributed by atoms with van der Waals surface area (Å²) in [4.78, 5) is 102. The molecule has 674 valence electrons. The number of nitriles is 2. The summed E-state index contributed by atoms with van der Waals surface area (Å²) in [5, 5.41) is 54.4. The van der Waals surface area contributed by atoms with Gasteiger partial charge in [-0.1, -0.05) is 153 Å². The van der Waals surface area contributed by atoms with Crippen LogP contribution < -0.4 is 27.5 Å². The maximum Gasteiger partial charge on any atom is 2.00 e. The fourth-order valence-corrected chi connectivity index (χ4v) is 10.3. The molecule has 0 radical (unpaired) electrons. The number of nitrogens with one attached hydrogen (secondary N) is 4. The van der Waals surface area contributed by atoms with Gasteiger partial charge in [0.1, 0.15) is 46.0 Å². The molecule has 0 atom stereocenters. The van der Waals surface area contributed by atoms with Crippen LogP contribution in [0.25, 0.3) is 0 Å². The summed E-state index contributed by atoms with van der Waals surface area (Å²) >= 11 is 17.7. The number of carbonyl (C=O) groups is 8. The molecule has 0 aliphatic heterocycles. The van der Waals surface area contributed by atoms with Gasteiger partial charge in [-0.3, -0.25) is 44.6 Å². The Morgan fingerprint density at radius 3 is 0.968 bits per heavy atom. The number of halogens is 11. The third-order valence-corrected chi connectivity index (χ3v) is 18.4. The fourth-order valence-electron chi connectivity index (χ4n) is 8.86. The Labute approximate surface area is 799 Å². The number of benzene rings is 9. The Kier molecular flexibility index (Phi) is 56.0. The van der Waals surface area contributed by atoms with Crippen molar-refractivity contribution in [3.8, 4) is 12.1 Å². The minimum absolute atomic E-state index is 0. The van der Waals surface area contributed by atoms with Gasteiger partial charge in [-0.2, -0.15) is 10.5 Å². The van der Waals surface area contributed by atoms with Gasteiger partial charge >= 0.3 is 49.7 Å². The number of carbonyl (C=O) groups excluding carboxylic acids is 6. The van der Waals surface area contributed by atoms with E-state index in [4.69, 9.17) is 53.2 Å². The minimum Gasteiger partial charge on any atom is -0.870 e. The molecule has 0 saturated heterocycles. The van der Waals surface area contributed by atoms with Gasteiger partial charge in [-0.25, -0.2) is 62.6 Å². The molecule has 126 heavy (non-hydrogen) atoms. The number of hydrazine groups is 4. The van der Waals surface area contributed by atoms with E-state index in [1.165, 1.54) is 81.8 Å². The molecule has 24 nitrogen and oxygen atoms in total. The zero-order chi connectivity index (χ0) is 94.1. The van der Waals surface area contributed by atoms with Crippen LogP contribution in [0.5, 0.6) is 0 Å². The van der Waals surface area contributed by atoms with Gasteiger partial charge in [0.25, 0.3) is 34.8 Å². The van der Waals surface area contributed by atoms with Crippen molar-refractivity contribution in [3.05, 3.63) is 317 Å². The number of hydrogen-bond donors (Lipinski definition) is 9. The van der Waals surface area contributed by atoms with Crippen LogP contribution in [-0.4, -0.2) is 160 Å². The number of aromatic carboxylic acids is 2. The van der Waals surface area contributed by atoms with Gasteiger partial charge in [-0.15, -0.1) is 0 Å². The van der Waals surface area contributed by atoms with Crippen LogP contribution in [-0.2, 0) is 27.4 Å². The van der Waals surface area contributed by atoms with Crippen molar-refractivity contribution in [2.24, 2.45) is 5.84 Å². The first-order valence-corrected chi connectivity index (χ1v) is 41.0. The van der Waals surface area contributed by atoms with Crippen molar-refractivity contribution in [1.29, 1.82) is 10.5 Å². The van der Waals surface area contributed by atoms with E-state index in [2.05, 4.69) is 97.6 Å². The Morgan fingerprint density at radius 1 is 0.444 bits per heavy atom. The van der Waals surface area contributed by atoms with E-state index in [-0.39, 0.29) is 108 Å². The largest absolute Gasteiger partial charge is 2.00 e. The number of rotatable bonds is 15. The fraction of sp³-hybridized carbons (Fsp3) is 0.278. The first kappa shape index (κ1) is 120. The number of carboxylic acid groups (broad SMARTS) is 2. The Balaban J connectivity index is -0.00000140. The predicted molar refractivity (Wildman–Crippen MR) is 488 cm³/mol. The molecule has 0 aliphatic carbocycles. The number of aryl methyl sites for hydroxylation is 2. The third-order valence-electron chi connectivity index (χ3n) is 15.6. The number of aliphatic hydroxyl groups excluding tert-OH is 2. The molecule has 0 fully saturated rings. The quantitative estimate of drug-likeness (QED) is 0.00673. The summed E-state index contributed by atoms with van der Waals surface area (Å²) < 4.78 is 79.9. The third kappa shape index (κ3) is 43.6. The van der Waals surface area contributed by atoms with Crippen LogP contribution in [0.1, 0.15) is 214 Å². The molecule has 9 aromatic carbocycles. The number of amides is 5. The van der Waals surface area contributed by atoms with Crippen LogP contribution in [0.15, 0.2) is 205 Å². The first-order chi connectivity index (χ1) is 57.2. The topological polar surface area (TPSA) is 396 Å². The van der Waals surface area contributed by atoms with Crippen molar-refractivity contribution in [2.45, 2.75) is 162 Å². The number of nitrogens with zero attached hydrogens (tertiary/aromatic N) is 5. The molecule has 9 aromatic rings. The second-order valence-corrected chi connectivity index (χ2v) is 32.7. The SMILES string of the molecule is C.CC(C)(C#N)NNC(C)(C)C#N.CC(C)(C)N(N)C(=O)c1ccccc1.CC(C)(C)N(NC(=O)c1ccc(CBr)cc1F)C(=O)c1ccccc1.CC(C)(C)N(NC(=O)c1ccc(CO)cc1F)C(=O)c1ccccc1.Cc1ccc(Br)c(F)c1.Cc1ccc(C(=O)O)c(F)c1.O=C(Cl)c1ccc(CBr)cc1F.O=C(O)c1ccc(CBr)cc1F.O=[C-]O.[Ca+2].[OH-]. The van der Waals surface area contributed by atoms with Crippen LogP contribution in [0, 0.1) is 71.4 Å². The summed E-state index contributed by atoms with van der Waals surface area (Å²) in [6, 6.07) is 55.9. The number of carboxylic acids is 2. The summed E-state index contributed by atoms with van der Waals surface area (Å²) in [5.74, 6) is -2.62. The maximum atomic E-state index is 14.2. The van der Waals surface area contributed by atoms with Gasteiger partial charge in [0, 0.05) is 32.7 Å². The van der Waals surface area contributed by atoms with E-state index in [9.17, 15) is 64.7 Å². The minimum atomic E-state index is -1.24. The van der Waals surface area contributed by atoms with E-state index in [0.717, 1.165) is 28.3 Å².